The lowest BCUT2D eigenvalue weighted by Gasteiger charge is -2.24. The zero-order valence-electron chi connectivity index (χ0n) is 10.9. The van der Waals surface area contributed by atoms with E-state index in [1.807, 2.05) is 13.0 Å². The first-order chi connectivity index (χ1) is 7.40. The Labute approximate surface area is 97.8 Å². The van der Waals surface area contributed by atoms with Crippen LogP contribution >= 0.6 is 0 Å². The third-order valence-electron chi connectivity index (χ3n) is 2.29. The molecule has 1 unspecified atom stereocenters. The maximum atomic E-state index is 5.78. The summed E-state index contributed by atoms with van der Waals surface area (Å²) in [5, 5.41) is 10.4. The van der Waals surface area contributed by atoms with Crippen LogP contribution in [-0.4, -0.2) is 28.4 Å². The van der Waals surface area contributed by atoms with Crippen molar-refractivity contribution in [2.24, 2.45) is 0 Å². The number of H-pyrrole nitrogens is 1. The van der Waals surface area contributed by atoms with Gasteiger partial charge in [-0.3, -0.25) is 5.10 Å². The predicted octanol–water partition coefficient (Wildman–Crippen LogP) is 2.26. The van der Waals surface area contributed by atoms with Gasteiger partial charge < -0.3 is 10.1 Å². The van der Waals surface area contributed by atoms with Crippen LogP contribution in [0.4, 0.5) is 0 Å². The molecule has 0 aliphatic carbocycles. The number of aryl methyl sites for hydroxylation is 1. The van der Waals surface area contributed by atoms with Crippen molar-refractivity contribution < 1.29 is 4.74 Å². The molecule has 1 heterocycles. The molecule has 4 nitrogen and oxygen atoms in total. The van der Waals surface area contributed by atoms with E-state index >= 15 is 0 Å². The Hall–Kier alpha value is -1.03. The zero-order chi connectivity index (χ0) is 12.2. The van der Waals surface area contributed by atoms with Crippen LogP contribution in [0.15, 0.2) is 6.07 Å². The average molecular weight is 225 g/mol. The van der Waals surface area contributed by atoms with E-state index in [1.54, 1.807) is 0 Å². The minimum atomic E-state index is 0.123. The Balaban J connectivity index is 2.43. The van der Waals surface area contributed by atoms with Gasteiger partial charge in [-0.2, -0.15) is 0 Å². The van der Waals surface area contributed by atoms with Crippen LogP contribution in [0.5, 0.6) is 5.88 Å². The third-order valence-corrected chi connectivity index (χ3v) is 2.29. The lowest BCUT2D eigenvalue weighted by atomic mass is 10.1. The summed E-state index contributed by atoms with van der Waals surface area (Å²) < 4.78 is 5.78. The first kappa shape index (κ1) is 13.0. The first-order valence-electron chi connectivity index (χ1n) is 5.84. The summed E-state index contributed by atoms with van der Waals surface area (Å²) in [5.41, 5.74) is 1.15. The number of rotatable bonds is 5. The van der Waals surface area contributed by atoms with E-state index in [4.69, 9.17) is 4.74 Å². The summed E-state index contributed by atoms with van der Waals surface area (Å²) in [5.74, 6) is 0.681. The van der Waals surface area contributed by atoms with Crippen molar-refractivity contribution in [1.82, 2.24) is 15.5 Å². The summed E-state index contributed by atoms with van der Waals surface area (Å²) in [6, 6.07) is 1.92. The maximum absolute atomic E-state index is 5.78. The largest absolute Gasteiger partial charge is 0.472 e. The van der Waals surface area contributed by atoms with Gasteiger partial charge in [0.15, 0.2) is 0 Å². The topological polar surface area (TPSA) is 49.9 Å². The molecule has 1 rings (SSSR count). The number of ether oxygens (including phenoxy) is 1. The van der Waals surface area contributed by atoms with Crippen LogP contribution in [0.1, 0.15) is 39.8 Å². The van der Waals surface area contributed by atoms with E-state index in [0.717, 1.165) is 18.7 Å². The normalized spacial score (nSPS) is 13.8. The van der Waals surface area contributed by atoms with E-state index < -0.39 is 0 Å². The number of aromatic nitrogens is 2. The first-order valence-corrected chi connectivity index (χ1v) is 5.84. The van der Waals surface area contributed by atoms with Crippen molar-refractivity contribution in [3.8, 4) is 5.88 Å². The predicted molar refractivity (Wildman–Crippen MR) is 65.8 cm³/mol. The van der Waals surface area contributed by atoms with Gasteiger partial charge in [-0.15, -0.1) is 5.10 Å². The molecule has 0 saturated heterocycles. The summed E-state index contributed by atoms with van der Waals surface area (Å²) in [7, 11) is 0. The lowest BCUT2D eigenvalue weighted by molar-refractivity contribution is 0.174. The van der Waals surface area contributed by atoms with Gasteiger partial charge >= 0.3 is 0 Å². The monoisotopic (exact) mass is 225 g/mol. The molecule has 1 atom stereocenters. The van der Waals surface area contributed by atoms with Gasteiger partial charge in [0.05, 0.1) is 0 Å². The zero-order valence-corrected chi connectivity index (χ0v) is 10.9. The number of hydrogen-bond acceptors (Lipinski definition) is 3. The Morgan fingerprint density at radius 3 is 2.62 bits per heavy atom. The SMILES string of the molecule is CCC(CNC(C)(C)C)Oc1cc(C)[nH]n1. The number of aromatic amines is 1. The molecule has 0 saturated carbocycles. The van der Waals surface area contributed by atoms with Crippen molar-refractivity contribution in [1.29, 1.82) is 0 Å². The second-order valence-corrected chi connectivity index (χ2v) is 5.17. The van der Waals surface area contributed by atoms with Gasteiger partial charge in [-0.25, -0.2) is 0 Å². The van der Waals surface area contributed by atoms with Gasteiger partial charge in [0, 0.05) is 23.8 Å². The molecule has 1 aromatic rings. The Morgan fingerprint density at radius 2 is 2.19 bits per heavy atom. The van der Waals surface area contributed by atoms with E-state index in [-0.39, 0.29) is 11.6 Å². The standard InChI is InChI=1S/C12H23N3O/c1-6-10(8-13-12(3,4)5)16-11-7-9(2)14-15-11/h7,10,13H,6,8H2,1-5H3,(H,14,15). The Kier molecular flexibility index (Phi) is 4.35. The van der Waals surface area contributed by atoms with Crippen LogP contribution in [0, 0.1) is 6.92 Å². The molecule has 0 spiro atoms. The highest BCUT2D eigenvalue weighted by Crippen LogP contribution is 2.11. The maximum Gasteiger partial charge on any atom is 0.233 e. The molecule has 0 bridgehead atoms. The summed E-state index contributed by atoms with van der Waals surface area (Å²) in [6.07, 6.45) is 1.14. The molecule has 0 aliphatic heterocycles. The van der Waals surface area contributed by atoms with E-state index in [1.165, 1.54) is 0 Å². The molecule has 0 amide bonds. The fourth-order valence-corrected chi connectivity index (χ4v) is 1.31. The third kappa shape index (κ3) is 4.66. The molecule has 0 radical (unpaired) electrons. The van der Waals surface area contributed by atoms with Gasteiger partial charge in [0.1, 0.15) is 6.10 Å². The summed E-state index contributed by atoms with van der Waals surface area (Å²) in [6.45, 7) is 11.4. The van der Waals surface area contributed by atoms with Crippen molar-refractivity contribution in [2.45, 2.75) is 52.7 Å². The van der Waals surface area contributed by atoms with Crippen LogP contribution in [0.3, 0.4) is 0 Å². The quantitative estimate of drug-likeness (QED) is 0.808. The van der Waals surface area contributed by atoms with Crippen LogP contribution in [0.25, 0.3) is 0 Å². The van der Waals surface area contributed by atoms with Gasteiger partial charge in [0.25, 0.3) is 0 Å². The minimum Gasteiger partial charge on any atom is -0.472 e. The second kappa shape index (κ2) is 5.34. The molecular weight excluding hydrogens is 202 g/mol. The van der Waals surface area contributed by atoms with Crippen molar-refractivity contribution in [3.63, 3.8) is 0 Å². The van der Waals surface area contributed by atoms with Crippen LogP contribution < -0.4 is 10.1 Å². The molecule has 1 aromatic heterocycles. The highest BCUT2D eigenvalue weighted by atomic mass is 16.5. The number of hydrogen-bond donors (Lipinski definition) is 2. The molecule has 2 N–H and O–H groups in total. The molecular formula is C12H23N3O. The minimum absolute atomic E-state index is 0.123. The fourth-order valence-electron chi connectivity index (χ4n) is 1.31. The molecule has 92 valence electrons. The van der Waals surface area contributed by atoms with Crippen molar-refractivity contribution in [2.75, 3.05) is 6.54 Å². The van der Waals surface area contributed by atoms with Crippen LogP contribution in [0.2, 0.25) is 0 Å². The fraction of sp³-hybridized carbons (Fsp3) is 0.750. The smallest absolute Gasteiger partial charge is 0.233 e. The Bertz CT molecular complexity index is 314. The molecule has 4 heteroatoms. The van der Waals surface area contributed by atoms with E-state index in [2.05, 4.69) is 43.2 Å². The Morgan fingerprint density at radius 1 is 1.50 bits per heavy atom. The second-order valence-electron chi connectivity index (χ2n) is 5.17. The van der Waals surface area contributed by atoms with Gasteiger partial charge in [-0.1, -0.05) is 6.92 Å². The number of nitrogens with one attached hydrogen (secondary N) is 2. The van der Waals surface area contributed by atoms with Gasteiger partial charge in [-0.05, 0) is 34.1 Å². The lowest BCUT2D eigenvalue weighted by Crippen LogP contribution is -2.42. The highest BCUT2D eigenvalue weighted by molar-refractivity contribution is 5.12. The molecule has 16 heavy (non-hydrogen) atoms. The van der Waals surface area contributed by atoms with E-state index in [0.29, 0.717) is 5.88 Å². The van der Waals surface area contributed by atoms with Crippen LogP contribution in [-0.2, 0) is 0 Å². The molecule has 0 aromatic carbocycles. The number of nitrogens with zero attached hydrogens (tertiary/aromatic N) is 1. The highest BCUT2D eigenvalue weighted by Gasteiger charge is 2.14. The average Bonchev–Trinajstić information content (AvgIpc) is 2.57. The van der Waals surface area contributed by atoms with Crippen molar-refractivity contribution in [3.05, 3.63) is 11.8 Å². The van der Waals surface area contributed by atoms with Crippen molar-refractivity contribution >= 4 is 0 Å². The summed E-state index contributed by atoms with van der Waals surface area (Å²) in [4.78, 5) is 0. The summed E-state index contributed by atoms with van der Waals surface area (Å²) >= 11 is 0. The van der Waals surface area contributed by atoms with E-state index in [9.17, 15) is 0 Å². The molecule has 0 fully saturated rings. The molecule has 0 aliphatic rings. The van der Waals surface area contributed by atoms with Gasteiger partial charge in [0.2, 0.25) is 5.88 Å².